The topological polar surface area (TPSA) is 121 Å². The Hall–Kier alpha value is -0.560. The zero-order chi connectivity index (χ0) is 12.8. The second-order valence-electron chi connectivity index (χ2n) is 2.87. The van der Waals surface area contributed by atoms with Crippen LogP contribution in [0.15, 0.2) is 0 Å². The van der Waals surface area contributed by atoms with E-state index in [1.54, 1.807) is 0 Å². The number of carbonyl (C=O) groups is 2. The highest BCUT2D eigenvalue weighted by Crippen LogP contribution is 2.58. The molecule has 3 N–H and O–H groups in total. The molecule has 94 valence electrons. The summed E-state index contributed by atoms with van der Waals surface area (Å²) in [5.41, 5.74) is 0. The summed E-state index contributed by atoms with van der Waals surface area (Å²) in [5.74, 6) is -2.57. The summed E-state index contributed by atoms with van der Waals surface area (Å²) in [6.07, 6.45) is -2.22. The molecule has 7 nitrogen and oxygen atoms in total. The summed E-state index contributed by atoms with van der Waals surface area (Å²) in [6.45, 7) is -1.98. The Morgan fingerprint density at radius 1 is 1.44 bits per heavy atom. The maximum Gasteiger partial charge on any atom is 0.333 e. The second kappa shape index (κ2) is 6.90. The van der Waals surface area contributed by atoms with Crippen LogP contribution < -0.4 is 0 Å². The summed E-state index contributed by atoms with van der Waals surface area (Å²) in [5, 5.41) is 17.1. The van der Waals surface area contributed by atoms with Gasteiger partial charge in [0.1, 0.15) is 0 Å². The molecule has 0 spiro atoms. The van der Waals surface area contributed by atoms with Gasteiger partial charge in [0.15, 0.2) is 6.10 Å². The van der Waals surface area contributed by atoms with Crippen molar-refractivity contribution in [2.24, 2.45) is 0 Å². The van der Waals surface area contributed by atoms with Gasteiger partial charge in [-0.3, -0.25) is 9.36 Å². The molecule has 2 atom stereocenters. The van der Waals surface area contributed by atoms with Crippen molar-refractivity contribution >= 4 is 30.2 Å². The molecule has 0 saturated heterocycles. The predicted molar refractivity (Wildman–Crippen MR) is 57.7 cm³/mol. The van der Waals surface area contributed by atoms with Gasteiger partial charge in [-0.05, 0) is 6.42 Å². The Labute approximate surface area is 96.2 Å². The number of rotatable bonds is 8. The summed E-state index contributed by atoms with van der Waals surface area (Å²) >= 11 is -0.0252. The minimum absolute atomic E-state index is 0.0252. The Morgan fingerprint density at radius 3 is 2.31 bits per heavy atom. The predicted octanol–water partition coefficient (Wildman–Crippen LogP) is 1.74. The molecule has 0 bridgehead atoms. The van der Waals surface area contributed by atoms with Crippen LogP contribution in [0.1, 0.15) is 19.8 Å². The third-order valence-corrected chi connectivity index (χ3v) is 5.07. The maximum atomic E-state index is 11.6. The first-order valence-electron chi connectivity index (χ1n) is 4.40. The molecule has 16 heavy (non-hydrogen) atoms. The molecule has 0 aromatic rings. The third-order valence-electron chi connectivity index (χ3n) is 1.70. The molecule has 0 fully saturated rings. The Balaban J connectivity index is 4.50. The highest BCUT2D eigenvalue weighted by atomic mass is 32.7. The van der Waals surface area contributed by atoms with E-state index in [0.717, 1.165) is 0 Å². The number of carboxylic acids is 2. The van der Waals surface area contributed by atoms with Crippen molar-refractivity contribution in [2.45, 2.75) is 25.9 Å². The largest absolute Gasteiger partial charge is 0.481 e. The van der Waals surface area contributed by atoms with Gasteiger partial charge in [0, 0.05) is 12.6 Å². The number of aliphatic carboxylic acids is 2. The van der Waals surface area contributed by atoms with Crippen LogP contribution in [-0.4, -0.2) is 39.0 Å². The lowest BCUT2D eigenvalue weighted by molar-refractivity contribution is -0.146. The lowest BCUT2D eigenvalue weighted by Gasteiger charge is -2.18. The third kappa shape index (κ3) is 5.50. The van der Waals surface area contributed by atoms with Gasteiger partial charge in [-0.2, -0.15) is 0 Å². The van der Waals surface area contributed by atoms with Crippen molar-refractivity contribution in [3.8, 4) is 0 Å². The molecule has 0 aliphatic carbocycles. The Morgan fingerprint density at radius 2 is 2.00 bits per heavy atom. The van der Waals surface area contributed by atoms with Crippen LogP contribution in [0.5, 0.6) is 0 Å². The van der Waals surface area contributed by atoms with Gasteiger partial charge in [-0.15, -0.1) is 0 Å². The fourth-order valence-corrected chi connectivity index (χ4v) is 2.48. The first-order valence-corrected chi connectivity index (χ1v) is 7.58. The lowest BCUT2D eigenvalue weighted by atomic mass is 10.2. The smallest absolute Gasteiger partial charge is 0.333 e. The van der Waals surface area contributed by atoms with E-state index in [-0.39, 0.29) is 24.2 Å². The molecule has 0 aliphatic heterocycles. The molecule has 0 amide bonds. The summed E-state index contributed by atoms with van der Waals surface area (Å²) in [6, 6.07) is 0. The fourth-order valence-electron chi connectivity index (χ4n) is 0.821. The molecule has 0 radical (unpaired) electrons. The molecular weight excluding hydrogens is 259 g/mol. The van der Waals surface area contributed by atoms with E-state index in [0.29, 0.717) is 0 Å². The molecule has 0 aliphatic rings. The number of carboxylic acid groups (broad SMARTS) is 2. The van der Waals surface area contributed by atoms with Crippen molar-refractivity contribution in [3.63, 3.8) is 0 Å². The molecule has 0 heterocycles. The van der Waals surface area contributed by atoms with Gasteiger partial charge in [0.25, 0.3) is 6.57 Å². The van der Waals surface area contributed by atoms with Crippen LogP contribution in [0.2, 0.25) is 0 Å². The summed E-state index contributed by atoms with van der Waals surface area (Å²) in [4.78, 5) is 21.0. The van der Waals surface area contributed by atoms with Gasteiger partial charge < -0.3 is 19.3 Å². The van der Waals surface area contributed by atoms with E-state index in [2.05, 4.69) is 0 Å². The average molecular weight is 272 g/mol. The molecule has 0 rings (SSSR count). The van der Waals surface area contributed by atoms with Gasteiger partial charge >= 0.3 is 11.9 Å². The van der Waals surface area contributed by atoms with Gasteiger partial charge in [0.2, 0.25) is 0 Å². The van der Waals surface area contributed by atoms with Crippen molar-refractivity contribution in [1.29, 1.82) is 0 Å². The first-order chi connectivity index (χ1) is 7.34. The summed E-state index contributed by atoms with van der Waals surface area (Å²) in [7, 11) is 0. The normalized spacial score (nSPS) is 16.4. The molecule has 0 aromatic heterocycles. The minimum Gasteiger partial charge on any atom is -0.481 e. The molecule has 2 unspecified atom stereocenters. The van der Waals surface area contributed by atoms with Crippen LogP contribution in [0.4, 0.5) is 0 Å². The minimum atomic E-state index is -3.45. The van der Waals surface area contributed by atoms with Crippen LogP contribution in [0.25, 0.3) is 0 Å². The summed E-state index contributed by atoms with van der Waals surface area (Å²) < 4.78 is 25.1. The van der Waals surface area contributed by atoms with Crippen molar-refractivity contribution in [3.05, 3.63) is 0 Å². The second-order valence-corrected chi connectivity index (χ2v) is 7.26. The molecular formula is C7H13O7PS. The zero-order valence-corrected chi connectivity index (χ0v) is 10.2. The maximum absolute atomic E-state index is 11.6. The van der Waals surface area contributed by atoms with Crippen molar-refractivity contribution in [2.75, 3.05) is 6.16 Å². The van der Waals surface area contributed by atoms with E-state index in [1.165, 1.54) is 6.92 Å². The van der Waals surface area contributed by atoms with Crippen LogP contribution in [0, 0.1) is 0 Å². The van der Waals surface area contributed by atoms with Crippen molar-refractivity contribution in [1.82, 2.24) is 0 Å². The van der Waals surface area contributed by atoms with E-state index in [1.807, 2.05) is 0 Å². The van der Waals surface area contributed by atoms with Crippen LogP contribution >= 0.6 is 18.2 Å². The highest BCUT2D eigenvalue weighted by molar-refractivity contribution is 8.53. The van der Waals surface area contributed by atoms with Crippen LogP contribution in [-0.2, 0) is 18.7 Å². The van der Waals surface area contributed by atoms with E-state index in [4.69, 9.17) is 19.3 Å². The zero-order valence-electron chi connectivity index (χ0n) is 8.53. The van der Waals surface area contributed by atoms with E-state index < -0.39 is 31.0 Å². The highest BCUT2D eigenvalue weighted by Gasteiger charge is 2.30. The number of hydrogen-bond donors (Lipinski definition) is 3. The van der Waals surface area contributed by atoms with Gasteiger partial charge in [-0.1, -0.05) is 6.92 Å². The van der Waals surface area contributed by atoms with Gasteiger partial charge in [0.05, 0.1) is 11.7 Å². The quantitative estimate of drug-likeness (QED) is 0.451. The monoisotopic (exact) mass is 272 g/mol. The Kier molecular flexibility index (Phi) is 6.66. The lowest BCUT2D eigenvalue weighted by Crippen LogP contribution is -2.23. The SMILES string of the molecule is CCP(=O)(OC(CCC(=O)O)C(=O)O)SO. The molecule has 0 aromatic carbocycles. The van der Waals surface area contributed by atoms with Gasteiger partial charge in [-0.25, -0.2) is 4.79 Å². The number of hydrogen-bond acceptors (Lipinski definition) is 6. The average Bonchev–Trinajstić information content (AvgIpc) is 2.23. The molecule has 9 heteroatoms. The van der Waals surface area contributed by atoms with Crippen molar-refractivity contribution < 1.29 is 33.4 Å². The fraction of sp³-hybridized carbons (Fsp3) is 0.714. The van der Waals surface area contributed by atoms with E-state index in [9.17, 15) is 14.2 Å². The first kappa shape index (κ1) is 15.4. The van der Waals surface area contributed by atoms with Crippen LogP contribution in [0.3, 0.4) is 0 Å². The molecule has 0 saturated carbocycles. The Bertz CT molecular complexity index is 297. The van der Waals surface area contributed by atoms with E-state index >= 15 is 0 Å². The standard InChI is InChI=1S/C7H13O7PS/c1-2-15(12,16-13)14-5(7(10)11)3-4-6(8)9/h5,13H,2-4H2,1H3,(H,8,9)(H,10,11).